The molecule has 1 heterocycles. The van der Waals surface area contributed by atoms with Crippen molar-refractivity contribution in [2.24, 2.45) is 0 Å². The third kappa shape index (κ3) is 1.79. The number of carboxylic acid groups (broad SMARTS) is 1. The second-order valence-electron chi connectivity index (χ2n) is 3.29. The molecule has 0 saturated heterocycles. The van der Waals surface area contributed by atoms with Gasteiger partial charge in [-0.15, -0.1) is 0 Å². The summed E-state index contributed by atoms with van der Waals surface area (Å²) in [7, 11) is 0. The van der Waals surface area contributed by atoms with Crippen LogP contribution in [0.1, 0.15) is 17.3 Å². The first-order chi connectivity index (χ1) is 7.72. The summed E-state index contributed by atoms with van der Waals surface area (Å²) >= 11 is 0. The zero-order valence-corrected chi connectivity index (χ0v) is 8.79. The molecule has 0 aliphatic carbocycles. The van der Waals surface area contributed by atoms with E-state index in [9.17, 15) is 4.79 Å². The Hall–Kier alpha value is -2.17. The molecule has 0 atom stereocenters. The lowest BCUT2D eigenvalue weighted by molar-refractivity contribution is 0.0697. The van der Waals surface area contributed by atoms with Gasteiger partial charge in [-0.3, -0.25) is 0 Å². The lowest BCUT2D eigenvalue weighted by atomic mass is 10.1. The highest BCUT2D eigenvalue weighted by molar-refractivity contribution is 5.89. The maximum Gasteiger partial charge on any atom is 0.335 e. The average molecular weight is 217 g/mol. The van der Waals surface area contributed by atoms with Crippen LogP contribution in [0.3, 0.4) is 0 Å². The number of aromatic carboxylic acids is 1. The Kier molecular flexibility index (Phi) is 2.68. The van der Waals surface area contributed by atoms with Crippen LogP contribution in [0, 0.1) is 0 Å². The minimum Gasteiger partial charge on any atom is -0.478 e. The fourth-order valence-electron chi connectivity index (χ4n) is 1.51. The van der Waals surface area contributed by atoms with E-state index < -0.39 is 5.97 Å². The zero-order valence-electron chi connectivity index (χ0n) is 8.79. The van der Waals surface area contributed by atoms with Gasteiger partial charge in [0.25, 0.3) is 0 Å². The van der Waals surface area contributed by atoms with Crippen LogP contribution in [-0.2, 0) is 6.54 Å². The molecule has 2 aromatic rings. The summed E-state index contributed by atoms with van der Waals surface area (Å²) in [5, 5.41) is 12.9. The number of aryl methyl sites for hydroxylation is 1. The topological polar surface area (TPSA) is 68.0 Å². The molecule has 1 aromatic heterocycles. The molecule has 0 aliphatic rings. The van der Waals surface area contributed by atoms with Crippen molar-refractivity contribution >= 4 is 5.97 Å². The predicted molar refractivity (Wildman–Crippen MR) is 58.1 cm³/mol. The number of aromatic nitrogens is 3. The molecule has 0 unspecified atom stereocenters. The Morgan fingerprint density at radius 2 is 2.31 bits per heavy atom. The molecule has 0 saturated carbocycles. The number of carbonyl (C=O) groups is 1. The fourth-order valence-corrected chi connectivity index (χ4v) is 1.51. The van der Waals surface area contributed by atoms with Crippen molar-refractivity contribution in [1.82, 2.24) is 14.8 Å². The van der Waals surface area contributed by atoms with Gasteiger partial charge < -0.3 is 5.11 Å². The van der Waals surface area contributed by atoms with Gasteiger partial charge in [0, 0.05) is 12.1 Å². The molecule has 5 nitrogen and oxygen atoms in total. The Morgan fingerprint density at radius 3 is 3.00 bits per heavy atom. The van der Waals surface area contributed by atoms with E-state index in [1.54, 1.807) is 22.9 Å². The second kappa shape index (κ2) is 4.14. The third-order valence-electron chi connectivity index (χ3n) is 2.28. The second-order valence-corrected chi connectivity index (χ2v) is 3.29. The number of hydrogen-bond acceptors (Lipinski definition) is 3. The van der Waals surface area contributed by atoms with Gasteiger partial charge in [-0.1, -0.05) is 12.1 Å². The molecule has 0 amide bonds. The summed E-state index contributed by atoms with van der Waals surface area (Å²) in [5.74, 6) is -0.255. The first-order valence-electron chi connectivity index (χ1n) is 4.94. The number of nitrogens with zero attached hydrogens (tertiary/aromatic N) is 3. The van der Waals surface area contributed by atoms with Crippen molar-refractivity contribution in [3.05, 3.63) is 36.2 Å². The van der Waals surface area contributed by atoms with Gasteiger partial charge in [-0.05, 0) is 19.1 Å². The first-order valence-corrected chi connectivity index (χ1v) is 4.94. The minimum atomic E-state index is -0.940. The van der Waals surface area contributed by atoms with Gasteiger partial charge in [0.2, 0.25) is 0 Å². The van der Waals surface area contributed by atoms with E-state index in [4.69, 9.17) is 5.11 Å². The number of benzene rings is 1. The van der Waals surface area contributed by atoms with Gasteiger partial charge >= 0.3 is 5.97 Å². The van der Waals surface area contributed by atoms with Gasteiger partial charge in [0.15, 0.2) is 5.82 Å². The van der Waals surface area contributed by atoms with E-state index in [2.05, 4.69) is 10.1 Å². The number of hydrogen-bond donors (Lipinski definition) is 1. The lowest BCUT2D eigenvalue weighted by Gasteiger charge is -2.03. The highest BCUT2D eigenvalue weighted by Crippen LogP contribution is 2.17. The summed E-state index contributed by atoms with van der Waals surface area (Å²) in [6.45, 7) is 2.66. The van der Waals surface area contributed by atoms with Crippen LogP contribution in [0.15, 0.2) is 30.6 Å². The maximum absolute atomic E-state index is 10.8. The zero-order chi connectivity index (χ0) is 11.5. The predicted octanol–water partition coefficient (Wildman–Crippen LogP) is 1.66. The van der Waals surface area contributed by atoms with Crippen molar-refractivity contribution in [3.8, 4) is 11.4 Å². The van der Waals surface area contributed by atoms with Crippen LogP contribution in [0.2, 0.25) is 0 Å². The third-order valence-corrected chi connectivity index (χ3v) is 2.28. The van der Waals surface area contributed by atoms with E-state index in [1.807, 2.05) is 13.0 Å². The quantitative estimate of drug-likeness (QED) is 0.849. The molecular formula is C11H11N3O2. The van der Waals surface area contributed by atoms with Crippen molar-refractivity contribution in [1.29, 1.82) is 0 Å². The molecule has 82 valence electrons. The highest BCUT2D eigenvalue weighted by Gasteiger charge is 2.08. The van der Waals surface area contributed by atoms with Gasteiger partial charge in [0.05, 0.1) is 5.56 Å². The summed E-state index contributed by atoms with van der Waals surface area (Å²) in [5.41, 5.74) is 1.02. The fraction of sp³-hybridized carbons (Fsp3) is 0.182. The normalized spacial score (nSPS) is 10.3. The molecule has 0 fully saturated rings. The van der Waals surface area contributed by atoms with Crippen LogP contribution in [-0.4, -0.2) is 25.8 Å². The largest absolute Gasteiger partial charge is 0.478 e. The van der Waals surface area contributed by atoms with Crippen molar-refractivity contribution in [2.45, 2.75) is 13.5 Å². The molecule has 16 heavy (non-hydrogen) atoms. The Bertz CT molecular complexity index is 519. The molecular weight excluding hydrogens is 206 g/mol. The smallest absolute Gasteiger partial charge is 0.335 e. The van der Waals surface area contributed by atoms with Crippen LogP contribution in [0.5, 0.6) is 0 Å². The molecule has 1 aromatic carbocycles. The number of carboxylic acids is 1. The van der Waals surface area contributed by atoms with Crippen molar-refractivity contribution in [2.75, 3.05) is 0 Å². The molecule has 5 heteroatoms. The Labute approximate surface area is 92.4 Å². The van der Waals surface area contributed by atoms with Gasteiger partial charge in [-0.2, -0.15) is 5.10 Å². The van der Waals surface area contributed by atoms with Crippen LogP contribution in [0.25, 0.3) is 11.4 Å². The Morgan fingerprint density at radius 1 is 1.50 bits per heavy atom. The SMILES string of the molecule is CCn1ncnc1-c1cccc(C(=O)O)c1. The minimum absolute atomic E-state index is 0.253. The monoisotopic (exact) mass is 217 g/mol. The molecule has 2 rings (SSSR count). The summed E-state index contributed by atoms with van der Waals surface area (Å²) in [6.07, 6.45) is 1.46. The van der Waals surface area contributed by atoms with E-state index in [1.165, 1.54) is 6.33 Å². The molecule has 0 spiro atoms. The lowest BCUT2D eigenvalue weighted by Crippen LogP contribution is -2.01. The van der Waals surface area contributed by atoms with Crippen molar-refractivity contribution < 1.29 is 9.90 Å². The Balaban J connectivity index is 2.48. The van der Waals surface area contributed by atoms with Gasteiger partial charge in [-0.25, -0.2) is 14.5 Å². The summed E-state index contributed by atoms with van der Waals surface area (Å²) in [4.78, 5) is 15.0. The van der Waals surface area contributed by atoms with E-state index >= 15 is 0 Å². The first kappa shape index (κ1) is 10.4. The average Bonchev–Trinajstić information content (AvgIpc) is 2.77. The standard InChI is InChI=1S/C11H11N3O2/c1-2-14-10(12-7-13-14)8-4-3-5-9(6-8)11(15)16/h3-7H,2H2,1H3,(H,15,16). The number of rotatable bonds is 3. The van der Waals surface area contributed by atoms with E-state index in [0.29, 0.717) is 12.4 Å². The maximum atomic E-state index is 10.8. The molecule has 0 radical (unpaired) electrons. The van der Waals surface area contributed by atoms with Gasteiger partial charge in [0.1, 0.15) is 6.33 Å². The van der Waals surface area contributed by atoms with Crippen LogP contribution in [0.4, 0.5) is 0 Å². The summed E-state index contributed by atoms with van der Waals surface area (Å²) in [6, 6.07) is 6.67. The highest BCUT2D eigenvalue weighted by atomic mass is 16.4. The van der Waals surface area contributed by atoms with Crippen LogP contribution < -0.4 is 0 Å². The molecule has 1 N–H and O–H groups in total. The molecule has 0 aliphatic heterocycles. The molecule has 0 bridgehead atoms. The van der Waals surface area contributed by atoms with Crippen molar-refractivity contribution in [3.63, 3.8) is 0 Å². The van der Waals surface area contributed by atoms with Crippen LogP contribution >= 0.6 is 0 Å². The van der Waals surface area contributed by atoms with E-state index in [-0.39, 0.29) is 5.56 Å². The summed E-state index contributed by atoms with van der Waals surface area (Å²) < 4.78 is 1.72. The van der Waals surface area contributed by atoms with E-state index in [0.717, 1.165) is 5.56 Å².